The Morgan fingerprint density at radius 1 is 1.10 bits per heavy atom. The topological polar surface area (TPSA) is 71.8 Å². The summed E-state index contributed by atoms with van der Waals surface area (Å²) < 4.78 is 10.4. The number of methoxy groups -OCH3 is 1. The highest BCUT2D eigenvalue weighted by molar-refractivity contribution is 5.95. The number of likely N-dealkylation sites (tertiary alicyclic amines) is 1. The van der Waals surface area contributed by atoms with Crippen molar-refractivity contribution in [3.63, 3.8) is 0 Å². The molecule has 2 aromatic carbocycles. The number of nitrogens with zero attached hydrogens (tertiary/aromatic N) is 1. The van der Waals surface area contributed by atoms with Gasteiger partial charge in [0.15, 0.2) is 0 Å². The molecular formula is C25H26N2O4. The molecule has 2 heterocycles. The summed E-state index contributed by atoms with van der Waals surface area (Å²) in [7, 11) is 1.61. The number of hydrogen-bond donors (Lipinski definition) is 1. The first-order valence-corrected chi connectivity index (χ1v) is 10.5. The molecule has 1 aliphatic heterocycles. The molecule has 0 aliphatic carbocycles. The second-order valence-corrected chi connectivity index (χ2v) is 7.71. The predicted molar refractivity (Wildman–Crippen MR) is 117 cm³/mol. The lowest BCUT2D eigenvalue weighted by molar-refractivity contribution is 0.0706. The van der Waals surface area contributed by atoms with Gasteiger partial charge in [0, 0.05) is 30.1 Å². The van der Waals surface area contributed by atoms with Crippen molar-refractivity contribution in [2.24, 2.45) is 0 Å². The van der Waals surface area contributed by atoms with Gasteiger partial charge in [-0.2, -0.15) is 0 Å². The number of ether oxygens (including phenoxy) is 1. The number of hydrogen-bond acceptors (Lipinski definition) is 4. The third-order valence-corrected chi connectivity index (χ3v) is 5.67. The van der Waals surface area contributed by atoms with Crippen LogP contribution < -0.4 is 10.1 Å². The third kappa shape index (κ3) is 4.97. The highest BCUT2D eigenvalue weighted by atomic mass is 16.5. The summed E-state index contributed by atoms with van der Waals surface area (Å²) >= 11 is 0. The lowest BCUT2D eigenvalue weighted by Gasteiger charge is -2.33. The van der Waals surface area contributed by atoms with Crippen molar-refractivity contribution < 1.29 is 18.7 Å². The molecule has 1 atom stereocenters. The van der Waals surface area contributed by atoms with Crippen molar-refractivity contribution in [1.82, 2.24) is 10.2 Å². The monoisotopic (exact) mass is 418 g/mol. The van der Waals surface area contributed by atoms with Crippen LogP contribution in [0.25, 0.3) is 0 Å². The Kier molecular flexibility index (Phi) is 6.36. The zero-order valence-electron chi connectivity index (χ0n) is 17.5. The molecule has 0 saturated carbocycles. The largest absolute Gasteiger partial charge is 0.497 e. The average Bonchev–Trinajstić information content (AvgIpc) is 3.36. The van der Waals surface area contributed by atoms with Crippen molar-refractivity contribution >= 4 is 11.8 Å². The number of piperidine rings is 1. The van der Waals surface area contributed by atoms with Crippen molar-refractivity contribution in [2.45, 2.75) is 25.3 Å². The number of carbonyl (C=O) groups is 2. The maximum absolute atomic E-state index is 13.0. The summed E-state index contributed by atoms with van der Waals surface area (Å²) in [5.41, 5.74) is 2.35. The van der Waals surface area contributed by atoms with Crippen LogP contribution in [-0.2, 0) is 6.54 Å². The van der Waals surface area contributed by atoms with Gasteiger partial charge < -0.3 is 19.4 Å². The van der Waals surface area contributed by atoms with Crippen molar-refractivity contribution in [1.29, 1.82) is 0 Å². The molecule has 6 heteroatoms. The van der Waals surface area contributed by atoms with Crippen LogP contribution in [0.4, 0.5) is 0 Å². The van der Waals surface area contributed by atoms with E-state index >= 15 is 0 Å². The Labute approximate surface area is 181 Å². The number of nitrogens with one attached hydrogen (secondary N) is 1. The number of rotatable bonds is 6. The fourth-order valence-corrected chi connectivity index (χ4v) is 3.97. The van der Waals surface area contributed by atoms with Gasteiger partial charge in [0.2, 0.25) is 0 Å². The molecule has 0 unspecified atom stereocenters. The number of benzene rings is 2. The van der Waals surface area contributed by atoms with E-state index in [1.54, 1.807) is 43.7 Å². The van der Waals surface area contributed by atoms with E-state index < -0.39 is 0 Å². The van der Waals surface area contributed by atoms with Crippen LogP contribution in [-0.4, -0.2) is 36.9 Å². The molecule has 1 N–H and O–H groups in total. The van der Waals surface area contributed by atoms with Crippen LogP contribution in [0.3, 0.4) is 0 Å². The second-order valence-electron chi connectivity index (χ2n) is 7.71. The van der Waals surface area contributed by atoms with E-state index in [2.05, 4.69) is 5.32 Å². The Bertz CT molecular complexity index is 1030. The average molecular weight is 418 g/mol. The molecule has 1 aliphatic rings. The Balaban J connectivity index is 1.42. The normalized spacial score (nSPS) is 16.0. The molecular weight excluding hydrogens is 392 g/mol. The van der Waals surface area contributed by atoms with Crippen molar-refractivity contribution in [2.75, 3.05) is 20.2 Å². The van der Waals surface area contributed by atoms with Crippen LogP contribution >= 0.6 is 0 Å². The molecule has 0 spiro atoms. The molecule has 0 radical (unpaired) electrons. The molecule has 4 rings (SSSR count). The molecule has 6 nitrogen and oxygen atoms in total. The van der Waals surface area contributed by atoms with E-state index in [-0.39, 0.29) is 17.7 Å². The fraction of sp³-hybridized carbons (Fsp3) is 0.280. The summed E-state index contributed by atoms with van der Waals surface area (Å²) in [6, 6.07) is 18.5. The fourth-order valence-electron chi connectivity index (χ4n) is 3.97. The molecule has 1 saturated heterocycles. The summed E-state index contributed by atoms with van der Waals surface area (Å²) in [6.07, 6.45) is 3.51. The lowest BCUT2D eigenvalue weighted by atomic mass is 9.89. The first-order valence-electron chi connectivity index (χ1n) is 10.5. The first-order chi connectivity index (χ1) is 15.1. The minimum absolute atomic E-state index is 0.0275. The zero-order chi connectivity index (χ0) is 21.6. The van der Waals surface area contributed by atoms with Crippen LogP contribution in [0, 0.1) is 0 Å². The molecule has 3 aromatic rings. The van der Waals surface area contributed by atoms with Gasteiger partial charge in [0.25, 0.3) is 11.8 Å². The quantitative estimate of drug-likeness (QED) is 0.650. The van der Waals surface area contributed by atoms with E-state index in [0.29, 0.717) is 30.0 Å². The van der Waals surface area contributed by atoms with Gasteiger partial charge >= 0.3 is 0 Å². The molecule has 1 aromatic heterocycles. The minimum Gasteiger partial charge on any atom is -0.497 e. The smallest absolute Gasteiger partial charge is 0.253 e. The summed E-state index contributed by atoms with van der Waals surface area (Å²) in [4.78, 5) is 27.4. The van der Waals surface area contributed by atoms with Gasteiger partial charge in [0.1, 0.15) is 11.5 Å². The maximum Gasteiger partial charge on any atom is 0.253 e. The van der Waals surface area contributed by atoms with Crippen molar-refractivity contribution in [3.8, 4) is 5.75 Å². The van der Waals surface area contributed by atoms with Gasteiger partial charge in [-0.05, 0) is 66.9 Å². The summed E-state index contributed by atoms with van der Waals surface area (Å²) in [5, 5.41) is 2.88. The van der Waals surface area contributed by atoms with Gasteiger partial charge in [-0.1, -0.05) is 12.1 Å². The van der Waals surface area contributed by atoms with Crippen molar-refractivity contribution in [3.05, 3.63) is 89.4 Å². The highest BCUT2D eigenvalue weighted by Crippen LogP contribution is 2.28. The Hall–Kier alpha value is -3.54. The van der Waals surface area contributed by atoms with Crippen LogP contribution in [0.2, 0.25) is 0 Å². The van der Waals surface area contributed by atoms with E-state index in [0.717, 1.165) is 30.7 Å². The molecule has 0 bridgehead atoms. The van der Waals surface area contributed by atoms with E-state index in [1.165, 1.54) is 0 Å². The molecule has 1 fully saturated rings. The van der Waals surface area contributed by atoms with E-state index in [4.69, 9.17) is 9.15 Å². The predicted octanol–water partition coefficient (Wildman–Crippen LogP) is 4.24. The Morgan fingerprint density at radius 2 is 1.94 bits per heavy atom. The molecule has 31 heavy (non-hydrogen) atoms. The van der Waals surface area contributed by atoms with Gasteiger partial charge in [-0.25, -0.2) is 0 Å². The van der Waals surface area contributed by atoms with E-state index in [9.17, 15) is 9.59 Å². The molecule has 160 valence electrons. The minimum atomic E-state index is -0.139. The molecule has 2 amide bonds. The first kappa shape index (κ1) is 20.7. The maximum atomic E-state index is 13.0. The number of furan rings is 1. The summed E-state index contributed by atoms with van der Waals surface area (Å²) in [5.74, 6) is 1.54. The second kappa shape index (κ2) is 9.51. The SMILES string of the molecule is COc1ccc(C(=O)N2CCC[C@H](c3cccc(C(=O)NCc4ccco4)c3)C2)cc1. The van der Waals surface area contributed by atoms with Crippen LogP contribution in [0.1, 0.15) is 50.8 Å². The van der Waals surface area contributed by atoms with Gasteiger partial charge in [-0.15, -0.1) is 0 Å². The van der Waals surface area contributed by atoms with Crippen LogP contribution in [0.5, 0.6) is 5.75 Å². The lowest BCUT2D eigenvalue weighted by Crippen LogP contribution is -2.39. The van der Waals surface area contributed by atoms with Gasteiger partial charge in [-0.3, -0.25) is 9.59 Å². The number of amides is 2. The standard InChI is InChI=1S/C25H26N2O4/c1-30-22-11-9-18(10-12-22)25(29)27-13-3-7-21(17-27)19-5-2-6-20(15-19)24(28)26-16-23-8-4-14-31-23/h2,4-6,8-12,14-15,21H,3,7,13,16-17H2,1H3,(H,26,28)/t21-/m0/s1. The third-order valence-electron chi connectivity index (χ3n) is 5.67. The number of carbonyl (C=O) groups excluding carboxylic acids is 2. The Morgan fingerprint density at radius 3 is 2.68 bits per heavy atom. The zero-order valence-corrected chi connectivity index (χ0v) is 17.5. The van der Waals surface area contributed by atoms with Crippen LogP contribution in [0.15, 0.2) is 71.3 Å². The summed E-state index contributed by atoms with van der Waals surface area (Å²) in [6.45, 7) is 1.73. The van der Waals surface area contributed by atoms with Gasteiger partial charge in [0.05, 0.1) is 19.9 Å². The highest BCUT2D eigenvalue weighted by Gasteiger charge is 2.26. The van der Waals surface area contributed by atoms with E-state index in [1.807, 2.05) is 35.2 Å².